The summed E-state index contributed by atoms with van der Waals surface area (Å²) in [5, 5.41) is 4.28. The summed E-state index contributed by atoms with van der Waals surface area (Å²) < 4.78 is 0. The Balaban J connectivity index is 2.60. The van der Waals surface area contributed by atoms with Gasteiger partial charge in [0.15, 0.2) is 0 Å². The van der Waals surface area contributed by atoms with Crippen LogP contribution in [-0.4, -0.2) is 12.6 Å². The van der Waals surface area contributed by atoms with Crippen LogP contribution in [0, 0.1) is 0 Å². The van der Waals surface area contributed by atoms with Crippen molar-refractivity contribution < 1.29 is 0 Å². The van der Waals surface area contributed by atoms with Gasteiger partial charge in [-0.05, 0) is 17.5 Å². The van der Waals surface area contributed by atoms with E-state index < -0.39 is 0 Å². The fourth-order valence-corrected chi connectivity index (χ4v) is 1.72. The van der Waals surface area contributed by atoms with Gasteiger partial charge in [-0.25, -0.2) is 0 Å². The molecule has 0 aliphatic rings. The molecule has 1 aromatic carbocycles. The number of rotatable bonds is 4. The highest BCUT2D eigenvalue weighted by molar-refractivity contribution is 6.31. The maximum Gasteiger partial charge on any atom is 0.0441 e. The topological polar surface area (TPSA) is 12.0 Å². The summed E-state index contributed by atoms with van der Waals surface area (Å²) in [5.74, 6) is 0.464. The Bertz CT molecular complexity index is 283. The largest absolute Gasteiger partial charge is 0.314 e. The van der Waals surface area contributed by atoms with Crippen molar-refractivity contribution >= 4 is 11.6 Å². The van der Waals surface area contributed by atoms with E-state index in [9.17, 15) is 0 Å². The van der Waals surface area contributed by atoms with Gasteiger partial charge in [-0.3, -0.25) is 0 Å². The number of nitrogens with one attached hydrogen (secondary N) is 1. The van der Waals surface area contributed by atoms with Crippen molar-refractivity contribution in [3.8, 4) is 0 Å². The number of hydrogen-bond acceptors (Lipinski definition) is 1. The molecular formula is C12H18ClN. The summed E-state index contributed by atoms with van der Waals surface area (Å²) in [6.45, 7) is 7.47. The Labute approximate surface area is 91.5 Å². The highest BCUT2D eigenvalue weighted by Crippen LogP contribution is 2.23. The van der Waals surface area contributed by atoms with Crippen LogP contribution in [-0.2, 0) is 0 Å². The summed E-state index contributed by atoms with van der Waals surface area (Å²) >= 11 is 6.11. The first kappa shape index (κ1) is 11.5. The SMILES string of the molecule is CC(C)NCC(C)c1ccccc1Cl. The van der Waals surface area contributed by atoms with Gasteiger partial charge in [0.25, 0.3) is 0 Å². The lowest BCUT2D eigenvalue weighted by Gasteiger charge is -2.16. The minimum atomic E-state index is 0.464. The van der Waals surface area contributed by atoms with Crippen LogP contribution in [0.1, 0.15) is 32.3 Å². The van der Waals surface area contributed by atoms with Crippen molar-refractivity contribution in [1.29, 1.82) is 0 Å². The van der Waals surface area contributed by atoms with Gasteiger partial charge in [-0.2, -0.15) is 0 Å². The molecule has 0 radical (unpaired) electrons. The van der Waals surface area contributed by atoms with E-state index >= 15 is 0 Å². The van der Waals surface area contributed by atoms with Crippen LogP contribution >= 0.6 is 11.6 Å². The van der Waals surface area contributed by atoms with E-state index in [4.69, 9.17) is 11.6 Å². The normalized spacial score (nSPS) is 13.2. The molecule has 1 aromatic rings. The Morgan fingerprint density at radius 3 is 2.43 bits per heavy atom. The molecule has 0 heterocycles. The van der Waals surface area contributed by atoms with Gasteiger partial charge >= 0.3 is 0 Å². The molecule has 1 N–H and O–H groups in total. The Morgan fingerprint density at radius 1 is 1.21 bits per heavy atom. The minimum Gasteiger partial charge on any atom is -0.314 e. The zero-order chi connectivity index (χ0) is 10.6. The van der Waals surface area contributed by atoms with Crippen molar-refractivity contribution in [2.75, 3.05) is 6.54 Å². The van der Waals surface area contributed by atoms with Crippen molar-refractivity contribution in [1.82, 2.24) is 5.32 Å². The molecule has 1 rings (SSSR count). The molecule has 0 amide bonds. The smallest absolute Gasteiger partial charge is 0.0441 e. The fraction of sp³-hybridized carbons (Fsp3) is 0.500. The summed E-state index contributed by atoms with van der Waals surface area (Å²) in [4.78, 5) is 0. The lowest BCUT2D eigenvalue weighted by Crippen LogP contribution is -2.27. The lowest BCUT2D eigenvalue weighted by molar-refractivity contribution is 0.548. The monoisotopic (exact) mass is 211 g/mol. The third-order valence-corrected chi connectivity index (χ3v) is 2.61. The summed E-state index contributed by atoms with van der Waals surface area (Å²) in [6, 6.07) is 8.57. The van der Waals surface area contributed by atoms with Crippen LogP contribution in [0.3, 0.4) is 0 Å². The van der Waals surface area contributed by atoms with E-state index in [0.29, 0.717) is 12.0 Å². The van der Waals surface area contributed by atoms with E-state index in [1.54, 1.807) is 0 Å². The average molecular weight is 212 g/mol. The van der Waals surface area contributed by atoms with Gasteiger partial charge < -0.3 is 5.32 Å². The molecular weight excluding hydrogens is 194 g/mol. The molecule has 2 heteroatoms. The zero-order valence-corrected chi connectivity index (χ0v) is 9.81. The Hall–Kier alpha value is -0.530. The minimum absolute atomic E-state index is 0.464. The van der Waals surface area contributed by atoms with Crippen LogP contribution in [0.2, 0.25) is 5.02 Å². The summed E-state index contributed by atoms with van der Waals surface area (Å²) in [6.07, 6.45) is 0. The molecule has 0 bridgehead atoms. The third kappa shape index (κ3) is 3.32. The summed E-state index contributed by atoms with van der Waals surface area (Å²) in [7, 11) is 0. The molecule has 14 heavy (non-hydrogen) atoms. The van der Waals surface area contributed by atoms with E-state index in [2.05, 4.69) is 32.2 Å². The van der Waals surface area contributed by atoms with Gasteiger partial charge in [-0.15, -0.1) is 0 Å². The molecule has 0 aliphatic heterocycles. The van der Waals surface area contributed by atoms with Crippen LogP contribution in [0.15, 0.2) is 24.3 Å². The van der Waals surface area contributed by atoms with E-state index in [1.165, 1.54) is 5.56 Å². The molecule has 1 atom stereocenters. The highest BCUT2D eigenvalue weighted by Gasteiger charge is 2.08. The van der Waals surface area contributed by atoms with Gasteiger partial charge in [0.2, 0.25) is 0 Å². The molecule has 0 saturated heterocycles. The van der Waals surface area contributed by atoms with Crippen molar-refractivity contribution in [2.24, 2.45) is 0 Å². The molecule has 0 aliphatic carbocycles. The predicted octanol–water partition coefficient (Wildman–Crippen LogP) is 3.44. The Kier molecular flexibility index (Phi) is 4.43. The van der Waals surface area contributed by atoms with Crippen molar-refractivity contribution in [2.45, 2.75) is 32.7 Å². The predicted molar refractivity (Wildman–Crippen MR) is 63.0 cm³/mol. The zero-order valence-electron chi connectivity index (χ0n) is 9.05. The second-order valence-corrected chi connectivity index (χ2v) is 4.39. The highest BCUT2D eigenvalue weighted by atomic mass is 35.5. The van der Waals surface area contributed by atoms with E-state index in [1.807, 2.05) is 18.2 Å². The number of benzene rings is 1. The number of halogens is 1. The summed E-state index contributed by atoms with van der Waals surface area (Å²) in [5.41, 5.74) is 1.22. The molecule has 78 valence electrons. The second kappa shape index (κ2) is 5.38. The Morgan fingerprint density at radius 2 is 1.86 bits per heavy atom. The number of hydrogen-bond donors (Lipinski definition) is 1. The van der Waals surface area contributed by atoms with Crippen LogP contribution < -0.4 is 5.32 Å². The van der Waals surface area contributed by atoms with Gasteiger partial charge in [0, 0.05) is 17.6 Å². The first-order valence-corrected chi connectivity index (χ1v) is 5.47. The molecule has 0 fully saturated rings. The lowest BCUT2D eigenvalue weighted by atomic mass is 10.0. The molecule has 0 spiro atoms. The van der Waals surface area contributed by atoms with E-state index in [0.717, 1.165) is 11.6 Å². The van der Waals surface area contributed by atoms with Crippen molar-refractivity contribution in [3.63, 3.8) is 0 Å². The van der Waals surface area contributed by atoms with Crippen LogP contribution in [0.4, 0.5) is 0 Å². The first-order valence-electron chi connectivity index (χ1n) is 5.09. The second-order valence-electron chi connectivity index (χ2n) is 3.99. The molecule has 0 aromatic heterocycles. The van der Waals surface area contributed by atoms with Gasteiger partial charge in [0.05, 0.1) is 0 Å². The fourth-order valence-electron chi connectivity index (χ4n) is 1.40. The average Bonchev–Trinajstić information content (AvgIpc) is 2.15. The quantitative estimate of drug-likeness (QED) is 0.805. The third-order valence-electron chi connectivity index (χ3n) is 2.27. The van der Waals surface area contributed by atoms with E-state index in [-0.39, 0.29) is 0 Å². The van der Waals surface area contributed by atoms with Gasteiger partial charge in [-0.1, -0.05) is 50.6 Å². The molecule has 0 saturated carbocycles. The maximum atomic E-state index is 6.11. The molecule has 1 nitrogen and oxygen atoms in total. The standard InChI is InChI=1S/C12H18ClN/c1-9(2)14-8-10(3)11-6-4-5-7-12(11)13/h4-7,9-10,14H,8H2,1-3H3. The van der Waals surface area contributed by atoms with Crippen LogP contribution in [0.25, 0.3) is 0 Å². The molecule has 1 unspecified atom stereocenters. The maximum absolute atomic E-state index is 6.11. The van der Waals surface area contributed by atoms with Crippen LogP contribution in [0.5, 0.6) is 0 Å². The van der Waals surface area contributed by atoms with Crippen molar-refractivity contribution in [3.05, 3.63) is 34.9 Å². The first-order chi connectivity index (χ1) is 6.61. The van der Waals surface area contributed by atoms with Gasteiger partial charge in [0.1, 0.15) is 0 Å².